The van der Waals surface area contributed by atoms with Crippen LogP contribution in [0.25, 0.3) is 0 Å². The van der Waals surface area contributed by atoms with Crippen LogP contribution in [-0.2, 0) is 17.6 Å². The maximum Gasteiger partial charge on any atom is 0.0676 e. The van der Waals surface area contributed by atoms with Gasteiger partial charge in [0.2, 0.25) is 0 Å². The van der Waals surface area contributed by atoms with Crippen LogP contribution in [0.4, 0.5) is 0 Å². The lowest BCUT2D eigenvalue weighted by atomic mass is 10.1. The highest BCUT2D eigenvalue weighted by molar-refractivity contribution is 9.09. The fraction of sp³-hybridized carbons (Fsp3) is 0.455. The van der Waals surface area contributed by atoms with Gasteiger partial charge >= 0.3 is 0 Å². The molecule has 0 aliphatic rings. The van der Waals surface area contributed by atoms with Crippen molar-refractivity contribution in [3.8, 4) is 0 Å². The molecule has 0 amide bonds. The maximum atomic E-state index is 6.33. The molecule has 0 aliphatic carbocycles. The van der Waals surface area contributed by atoms with Crippen LogP contribution in [0.15, 0.2) is 60.7 Å². The highest BCUT2D eigenvalue weighted by Crippen LogP contribution is 2.17. The molecule has 0 aliphatic heterocycles. The summed E-state index contributed by atoms with van der Waals surface area (Å²) in [5.41, 5.74) is 2.83. The van der Waals surface area contributed by atoms with E-state index in [1.54, 1.807) is 0 Å². The van der Waals surface area contributed by atoms with E-state index in [9.17, 15) is 0 Å². The fourth-order valence-corrected chi connectivity index (χ4v) is 3.95. The van der Waals surface area contributed by atoms with Crippen molar-refractivity contribution in [3.63, 3.8) is 0 Å². The van der Waals surface area contributed by atoms with Crippen LogP contribution in [0.3, 0.4) is 0 Å². The molecular weight excluding hydrogens is 440 g/mol. The van der Waals surface area contributed by atoms with Crippen molar-refractivity contribution in [2.75, 3.05) is 10.7 Å². The standard InChI is InChI=1S/C22H28Br2O/c23-17-21(15-7-13-19-9-3-1-4-10-19)25-22(18-24)16-8-14-20-11-5-2-6-12-20/h1-6,9-12,21-22H,7-8,13-18H2. The molecule has 136 valence electrons. The van der Waals surface area contributed by atoms with Crippen molar-refractivity contribution in [2.24, 2.45) is 0 Å². The van der Waals surface area contributed by atoms with Crippen LogP contribution < -0.4 is 0 Å². The number of hydrogen-bond donors (Lipinski definition) is 0. The van der Waals surface area contributed by atoms with Crippen LogP contribution in [-0.4, -0.2) is 22.9 Å². The monoisotopic (exact) mass is 466 g/mol. The zero-order valence-electron chi connectivity index (χ0n) is 14.7. The fourth-order valence-electron chi connectivity index (χ4n) is 2.99. The number of benzene rings is 2. The van der Waals surface area contributed by atoms with Gasteiger partial charge in [0.05, 0.1) is 12.2 Å². The third-order valence-corrected chi connectivity index (χ3v) is 5.84. The van der Waals surface area contributed by atoms with Crippen molar-refractivity contribution in [1.29, 1.82) is 0 Å². The first kappa shape index (κ1) is 20.7. The third kappa shape index (κ3) is 8.52. The predicted octanol–water partition coefficient (Wildman–Crippen LogP) is 6.58. The summed E-state index contributed by atoms with van der Waals surface area (Å²) in [7, 11) is 0. The van der Waals surface area contributed by atoms with Gasteiger partial charge in [0.15, 0.2) is 0 Å². The highest BCUT2D eigenvalue weighted by Gasteiger charge is 2.15. The summed E-state index contributed by atoms with van der Waals surface area (Å²) in [4.78, 5) is 0. The third-order valence-electron chi connectivity index (χ3n) is 4.40. The molecule has 25 heavy (non-hydrogen) atoms. The second-order valence-electron chi connectivity index (χ2n) is 6.44. The van der Waals surface area contributed by atoms with E-state index in [0.29, 0.717) is 12.2 Å². The van der Waals surface area contributed by atoms with Crippen LogP contribution in [0.5, 0.6) is 0 Å². The number of alkyl halides is 2. The summed E-state index contributed by atoms with van der Waals surface area (Å²) in [6.07, 6.45) is 7.37. The molecule has 0 N–H and O–H groups in total. The second kappa shape index (κ2) is 12.7. The molecule has 0 saturated carbocycles. The van der Waals surface area contributed by atoms with Gasteiger partial charge in [-0.3, -0.25) is 0 Å². The Labute approximate surface area is 169 Å². The molecule has 0 fully saturated rings. The first-order valence-electron chi connectivity index (χ1n) is 9.17. The molecule has 0 radical (unpaired) electrons. The average Bonchev–Trinajstić information content (AvgIpc) is 2.67. The van der Waals surface area contributed by atoms with Gasteiger partial charge in [0.25, 0.3) is 0 Å². The minimum Gasteiger partial charge on any atom is -0.373 e. The SMILES string of the molecule is BrCC(CCCc1ccccc1)OC(CBr)CCCc1ccccc1. The average molecular weight is 468 g/mol. The molecule has 0 aromatic heterocycles. The van der Waals surface area contributed by atoms with E-state index in [2.05, 4.69) is 92.5 Å². The van der Waals surface area contributed by atoms with E-state index in [1.165, 1.54) is 24.0 Å². The molecule has 2 atom stereocenters. The molecule has 3 heteroatoms. The smallest absolute Gasteiger partial charge is 0.0676 e. The Balaban J connectivity index is 1.68. The van der Waals surface area contributed by atoms with E-state index in [-0.39, 0.29) is 0 Å². The largest absolute Gasteiger partial charge is 0.373 e. The highest BCUT2D eigenvalue weighted by atomic mass is 79.9. The Hall–Kier alpha value is -0.640. The first-order chi connectivity index (χ1) is 12.3. The van der Waals surface area contributed by atoms with Crippen LogP contribution >= 0.6 is 31.9 Å². The predicted molar refractivity (Wildman–Crippen MR) is 115 cm³/mol. The lowest BCUT2D eigenvalue weighted by Crippen LogP contribution is -2.25. The molecule has 0 bridgehead atoms. The Morgan fingerprint density at radius 2 is 1.04 bits per heavy atom. The summed E-state index contributed by atoms with van der Waals surface area (Å²) < 4.78 is 6.33. The minimum absolute atomic E-state index is 0.294. The summed E-state index contributed by atoms with van der Waals surface area (Å²) >= 11 is 7.25. The number of hydrogen-bond acceptors (Lipinski definition) is 1. The van der Waals surface area contributed by atoms with Gasteiger partial charge in [-0.1, -0.05) is 92.5 Å². The van der Waals surface area contributed by atoms with Crippen molar-refractivity contribution in [2.45, 2.75) is 50.7 Å². The van der Waals surface area contributed by atoms with Gasteiger partial charge in [0.1, 0.15) is 0 Å². The zero-order chi connectivity index (χ0) is 17.7. The summed E-state index contributed by atoms with van der Waals surface area (Å²) in [5.74, 6) is 0. The molecule has 0 saturated heterocycles. The molecule has 1 nitrogen and oxygen atoms in total. The summed E-state index contributed by atoms with van der Waals surface area (Å²) in [5, 5.41) is 1.81. The molecule has 2 unspecified atom stereocenters. The van der Waals surface area contributed by atoms with E-state index >= 15 is 0 Å². The zero-order valence-corrected chi connectivity index (χ0v) is 17.9. The van der Waals surface area contributed by atoms with Crippen molar-refractivity contribution < 1.29 is 4.74 Å². The number of aryl methyl sites for hydroxylation is 2. The number of ether oxygens (including phenoxy) is 1. The lowest BCUT2D eigenvalue weighted by molar-refractivity contribution is 0.00492. The topological polar surface area (TPSA) is 9.23 Å². The minimum atomic E-state index is 0.294. The Morgan fingerprint density at radius 1 is 0.640 bits per heavy atom. The molecule has 0 heterocycles. The summed E-state index contributed by atoms with van der Waals surface area (Å²) in [6.45, 7) is 0. The van der Waals surface area contributed by atoms with Crippen LogP contribution in [0.1, 0.15) is 36.8 Å². The van der Waals surface area contributed by atoms with Gasteiger partial charge in [0, 0.05) is 10.7 Å². The second-order valence-corrected chi connectivity index (χ2v) is 7.74. The summed E-state index contributed by atoms with van der Waals surface area (Å²) in [6, 6.07) is 21.4. The van der Waals surface area contributed by atoms with Gasteiger partial charge in [-0.05, 0) is 49.7 Å². The van der Waals surface area contributed by atoms with Gasteiger partial charge in [-0.2, -0.15) is 0 Å². The quantitative estimate of drug-likeness (QED) is 0.320. The maximum absolute atomic E-state index is 6.33. The lowest BCUT2D eigenvalue weighted by Gasteiger charge is -2.22. The normalized spacial score (nSPS) is 13.5. The van der Waals surface area contributed by atoms with Crippen LogP contribution in [0.2, 0.25) is 0 Å². The van der Waals surface area contributed by atoms with Gasteiger partial charge in [-0.15, -0.1) is 0 Å². The molecule has 2 aromatic rings. The first-order valence-corrected chi connectivity index (χ1v) is 11.4. The molecular formula is C22H28Br2O. The van der Waals surface area contributed by atoms with Crippen molar-refractivity contribution >= 4 is 31.9 Å². The molecule has 2 rings (SSSR count). The van der Waals surface area contributed by atoms with Gasteiger partial charge < -0.3 is 4.74 Å². The van der Waals surface area contributed by atoms with E-state index in [0.717, 1.165) is 36.3 Å². The number of halogens is 2. The van der Waals surface area contributed by atoms with Crippen molar-refractivity contribution in [3.05, 3.63) is 71.8 Å². The van der Waals surface area contributed by atoms with Crippen molar-refractivity contribution in [1.82, 2.24) is 0 Å². The Kier molecular flexibility index (Phi) is 10.5. The Bertz CT molecular complexity index is 507. The van der Waals surface area contributed by atoms with Crippen LogP contribution in [0, 0.1) is 0 Å². The Morgan fingerprint density at radius 3 is 1.40 bits per heavy atom. The van der Waals surface area contributed by atoms with E-state index < -0.39 is 0 Å². The van der Waals surface area contributed by atoms with E-state index in [4.69, 9.17) is 4.74 Å². The van der Waals surface area contributed by atoms with E-state index in [1.807, 2.05) is 0 Å². The van der Waals surface area contributed by atoms with Gasteiger partial charge in [-0.25, -0.2) is 0 Å². The molecule has 2 aromatic carbocycles. The number of rotatable bonds is 12. The molecule has 0 spiro atoms.